The van der Waals surface area contributed by atoms with Crippen molar-refractivity contribution in [2.75, 3.05) is 6.54 Å². The lowest BCUT2D eigenvalue weighted by Gasteiger charge is -2.34. The van der Waals surface area contributed by atoms with Crippen molar-refractivity contribution in [3.8, 4) is 0 Å². The van der Waals surface area contributed by atoms with Crippen molar-refractivity contribution >= 4 is 21.0 Å². The maximum Gasteiger partial charge on any atom is 0.336 e. The Labute approximate surface area is 129 Å². The third kappa shape index (κ3) is 2.68. The van der Waals surface area contributed by atoms with Crippen LogP contribution in [0.3, 0.4) is 0 Å². The first kappa shape index (κ1) is 15.2. The van der Waals surface area contributed by atoms with E-state index in [0.717, 1.165) is 25.7 Å². The summed E-state index contributed by atoms with van der Waals surface area (Å²) in [5.74, 6) is 0. The number of sulfonamides is 1. The molecule has 3 rings (SSSR count). The summed E-state index contributed by atoms with van der Waals surface area (Å²) in [5.41, 5.74) is -0.0395. The van der Waals surface area contributed by atoms with Crippen molar-refractivity contribution in [3.63, 3.8) is 0 Å². The first-order valence-corrected chi connectivity index (χ1v) is 9.02. The van der Waals surface area contributed by atoms with Crippen molar-refractivity contribution < 1.29 is 12.8 Å². The van der Waals surface area contributed by atoms with E-state index in [-0.39, 0.29) is 10.9 Å². The lowest BCUT2D eigenvalue weighted by molar-refractivity contribution is 0.246. The molecule has 0 unspecified atom stereocenters. The first-order chi connectivity index (χ1) is 10.5. The second-order valence-corrected chi connectivity index (χ2v) is 7.52. The highest BCUT2D eigenvalue weighted by Gasteiger charge is 2.32. The number of rotatable bonds is 3. The lowest BCUT2D eigenvalue weighted by atomic mass is 10.0. The average molecular weight is 321 g/mol. The van der Waals surface area contributed by atoms with Gasteiger partial charge in [-0.3, -0.25) is 0 Å². The topological polar surface area (TPSA) is 67.6 Å². The molecule has 6 heteroatoms. The summed E-state index contributed by atoms with van der Waals surface area (Å²) in [6.45, 7) is 2.59. The van der Waals surface area contributed by atoms with E-state index in [1.165, 1.54) is 12.1 Å². The third-order valence-corrected chi connectivity index (χ3v) is 6.19. The zero-order chi connectivity index (χ0) is 15.7. The minimum absolute atomic E-state index is 0.0724. The smallest absolute Gasteiger partial charge is 0.336 e. The Kier molecular flexibility index (Phi) is 4.06. The Morgan fingerprint density at radius 1 is 1.23 bits per heavy atom. The highest BCUT2D eigenvalue weighted by atomic mass is 32.2. The summed E-state index contributed by atoms with van der Waals surface area (Å²) in [4.78, 5) is 11.5. The van der Waals surface area contributed by atoms with Gasteiger partial charge in [0.15, 0.2) is 0 Å². The van der Waals surface area contributed by atoms with Crippen molar-refractivity contribution in [2.24, 2.45) is 0 Å². The summed E-state index contributed by atoms with van der Waals surface area (Å²) < 4.78 is 32.5. The van der Waals surface area contributed by atoms with Crippen molar-refractivity contribution in [3.05, 3.63) is 40.8 Å². The maximum absolute atomic E-state index is 12.9. The van der Waals surface area contributed by atoms with Crippen LogP contribution in [0, 0.1) is 0 Å². The fourth-order valence-corrected chi connectivity index (χ4v) is 4.85. The van der Waals surface area contributed by atoms with Crippen LogP contribution < -0.4 is 5.63 Å². The monoisotopic (exact) mass is 321 g/mol. The molecule has 1 aromatic heterocycles. The summed E-state index contributed by atoms with van der Waals surface area (Å²) in [7, 11) is -3.51. The summed E-state index contributed by atoms with van der Waals surface area (Å²) >= 11 is 0. The van der Waals surface area contributed by atoms with Crippen LogP contribution in [-0.2, 0) is 10.0 Å². The van der Waals surface area contributed by atoms with Gasteiger partial charge < -0.3 is 4.42 Å². The molecule has 2 aromatic rings. The van der Waals surface area contributed by atoms with Gasteiger partial charge in [0.2, 0.25) is 10.0 Å². The molecule has 0 aliphatic carbocycles. The van der Waals surface area contributed by atoms with Crippen LogP contribution in [0.4, 0.5) is 0 Å². The number of benzene rings is 1. The van der Waals surface area contributed by atoms with Crippen molar-refractivity contribution in [1.82, 2.24) is 4.31 Å². The van der Waals surface area contributed by atoms with Gasteiger partial charge in [-0.2, -0.15) is 4.31 Å². The molecular weight excluding hydrogens is 302 g/mol. The molecule has 0 spiro atoms. The fourth-order valence-electron chi connectivity index (χ4n) is 3.04. The zero-order valence-electron chi connectivity index (χ0n) is 12.5. The fraction of sp³-hybridized carbons (Fsp3) is 0.438. The number of fused-ring (bicyclic) bond motifs is 1. The Morgan fingerprint density at radius 3 is 2.82 bits per heavy atom. The molecule has 0 saturated carbocycles. The zero-order valence-corrected chi connectivity index (χ0v) is 13.3. The van der Waals surface area contributed by atoms with Gasteiger partial charge in [0, 0.05) is 24.0 Å². The second kappa shape index (κ2) is 5.85. The van der Waals surface area contributed by atoms with Gasteiger partial charge in [-0.15, -0.1) is 0 Å². The van der Waals surface area contributed by atoms with E-state index < -0.39 is 15.6 Å². The normalized spacial score (nSPS) is 20.3. The van der Waals surface area contributed by atoms with Gasteiger partial charge >= 0.3 is 5.63 Å². The molecule has 0 radical (unpaired) electrons. The molecule has 0 bridgehead atoms. The predicted molar refractivity (Wildman–Crippen MR) is 84.3 cm³/mol. The molecule has 1 aliphatic heterocycles. The molecule has 1 aliphatic rings. The highest BCUT2D eigenvalue weighted by molar-refractivity contribution is 7.89. The van der Waals surface area contributed by atoms with Crippen molar-refractivity contribution in [2.45, 2.75) is 43.5 Å². The first-order valence-electron chi connectivity index (χ1n) is 7.58. The van der Waals surface area contributed by atoms with E-state index in [2.05, 4.69) is 0 Å². The van der Waals surface area contributed by atoms with Crippen molar-refractivity contribution in [1.29, 1.82) is 0 Å². The van der Waals surface area contributed by atoms with Gasteiger partial charge in [0.25, 0.3) is 0 Å². The molecule has 118 valence electrons. The minimum atomic E-state index is -3.51. The average Bonchev–Trinajstić information content (AvgIpc) is 2.54. The summed E-state index contributed by atoms with van der Waals surface area (Å²) in [6, 6.07) is 7.61. The Hall–Kier alpha value is -1.66. The Morgan fingerprint density at radius 2 is 2.05 bits per heavy atom. The van der Waals surface area contributed by atoms with Crippen LogP contribution in [0.2, 0.25) is 0 Å². The third-order valence-electron chi connectivity index (χ3n) is 4.24. The number of piperidine rings is 1. The standard InChI is InChI=1S/C16H19NO4S/c1-2-13-5-3-4-10-17(13)22(19,20)14-7-8-15-12(11-14)6-9-16(18)21-15/h6-9,11,13H,2-5,10H2,1H3/t13-/m0/s1. The van der Waals surface area contributed by atoms with E-state index in [9.17, 15) is 13.2 Å². The van der Waals surface area contributed by atoms with E-state index >= 15 is 0 Å². The lowest BCUT2D eigenvalue weighted by Crippen LogP contribution is -2.43. The Balaban J connectivity index is 2.04. The van der Waals surface area contributed by atoms with Crippen LogP contribution in [0.1, 0.15) is 32.6 Å². The Bertz CT molecular complexity index is 841. The molecule has 22 heavy (non-hydrogen) atoms. The van der Waals surface area contributed by atoms with Gasteiger partial charge in [0.1, 0.15) is 5.58 Å². The SMILES string of the molecule is CC[C@H]1CCCCN1S(=O)(=O)c1ccc2oc(=O)ccc2c1. The molecule has 1 saturated heterocycles. The second-order valence-electron chi connectivity index (χ2n) is 5.63. The quantitative estimate of drug-likeness (QED) is 0.815. The number of hydrogen-bond acceptors (Lipinski definition) is 4. The molecular formula is C16H19NO4S. The van der Waals surface area contributed by atoms with Crippen LogP contribution >= 0.6 is 0 Å². The molecule has 1 aromatic carbocycles. The van der Waals surface area contributed by atoms with E-state index in [4.69, 9.17) is 4.42 Å². The summed E-state index contributed by atoms with van der Waals surface area (Å²) in [6.07, 6.45) is 3.71. The molecule has 5 nitrogen and oxygen atoms in total. The van der Waals surface area contributed by atoms with Gasteiger partial charge in [0.05, 0.1) is 4.90 Å². The minimum Gasteiger partial charge on any atom is -0.423 e. The highest BCUT2D eigenvalue weighted by Crippen LogP contribution is 2.28. The molecule has 0 amide bonds. The largest absolute Gasteiger partial charge is 0.423 e. The van der Waals surface area contributed by atoms with Gasteiger partial charge in [-0.05, 0) is 43.5 Å². The predicted octanol–water partition coefficient (Wildman–Crippen LogP) is 2.75. The molecule has 1 fully saturated rings. The van der Waals surface area contributed by atoms with Crippen LogP contribution in [0.15, 0.2) is 44.4 Å². The van der Waals surface area contributed by atoms with Gasteiger partial charge in [-0.25, -0.2) is 13.2 Å². The summed E-state index contributed by atoms with van der Waals surface area (Å²) in [5, 5.41) is 0.616. The van der Waals surface area contributed by atoms with Crippen LogP contribution in [0.5, 0.6) is 0 Å². The number of nitrogens with zero attached hydrogens (tertiary/aromatic N) is 1. The van der Waals surface area contributed by atoms with Gasteiger partial charge in [-0.1, -0.05) is 13.3 Å². The van der Waals surface area contributed by atoms with Crippen LogP contribution in [-0.4, -0.2) is 25.3 Å². The number of hydrogen-bond donors (Lipinski definition) is 0. The van der Waals surface area contributed by atoms with E-state index in [1.54, 1.807) is 22.5 Å². The molecule has 0 N–H and O–H groups in total. The molecule has 2 heterocycles. The van der Waals surface area contributed by atoms with E-state index in [1.807, 2.05) is 6.92 Å². The molecule has 1 atom stereocenters. The van der Waals surface area contributed by atoms with Crippen LogP contribution in [0.25, 0.3) is 11.0 Å². The van der Waals surface area contributed by atoms with E-state index in [0.29, 0.717) is 17.5 Å². The maximum atomic E-state index is 12.9.